The molecular weight excluding hydrogens is 364 g/mol. The molecule has 0 saturated heterocycles. The van der Waals surface area contributed by atoms with E-state index in [2.05, 4.69) is 40.6 Å². The van der Waals surface area contributed by atoms with Crippen LogP contribution in [0.5, 0.6) is 0 Å². The highest BCUT2D eigenvalue weighted by Crippen LogP contribution is 2.14. The summed E-state index contributed by atoms with van der Waals surface area (Å²) >= 11 is 1.72. The monoisotopic (exact) mass is 386 g/mol. The molecule has 0 radical (unpaired) electrons. The van der Waals surface area contributed by atoms with Crippen LogP contribution in [0.2, 0.25) is 0 Å². The minimum absolute atomic E-state index is 0. The Labute approximate surface area is 154 Å². The molecule has 2 rings (SSSR count). The third-order valence-corrected chi connectivity index (χ3v) is 5.41. The van der Waals surface area contributed by atoms with Gasteiger partial charge >= 0.3 is 0 Å². The molecular formula is C17H23ClN2O2S2. The third kappa shape index (κ3) is 7.68. The van der Waals surface area contributed by atoms with Gasteiger partial charge in [0.05, 0.1) is 5.75 Å². The third-order valence-electron chi connectivity index (χ3n) is 3.31. The number of nitrogens with one attached hydrogen (secondary N) is 2. The summed E-state index contributed by atoms with van der Waals surface area (Å²) in [5.74, 6) is 0.0178. The lowest BCUT2D eigenvalue weighted by molar-refractivity contribution is 0.575. The Morgan fingerprint density at radius 3 is 2.21 bits per heavy atom. The first-order valence-corrected chi connectivity index (χ1v) is 10.3. The van der Waals surface area contributed by atoms with Gasteiger partial charge < -0.3 is 5.32 Å². The van der Waals surface area contributed by atoms with Gasteiger partial charge in [0.15, 0.2) is 0 Å². The van der Waals surface area contributed by atoms with Crippen LogP contribution >= 0.6 is 24.2 Å². The van der Waals surface area contributed by atoms with Crippen LogP contribution in [0.1, 0.15) is 11.1 Å². The molecule has 2 N–H and O–H groups in total. The maximum absolute atomic E-state index is 12.0. The molecule has 0 heterocycles. The minimum atomic E-state index is -3.28. The van der Waals surface area contributed by atoms with Crippen LogP contribution < -0.4 is 10.0 Å². The van der Waals surface area contributed by atoms with E-state index in [0.717, 1.165) is 12.1 Å². The summed E-state index contributed by atoms with van der Waals surface area (Å²) in [5.41, 5.74) is 1.98. The Balaban J connectivity index is 0.00000288. The summed E-state index contributed by atoms with van der Waals surface area (Å²) < 4.78 is 26.5. The van der Waals surface area contributed by atoms with Gasteiger partial charge in [0.25, 0.3) is 0 Å². The van der Waals surface area contributed by atoms with Gasteiger partial charge in [0.1, 0.15) is 0 Å². The molecule has 0 aromatic heterocycles. The molecule has 0 aliphatic rings. The normalized spacial score (nSPS) is 11.0. The van der Waals surface area contributed by atoms with E-state index in [4.69, 9.17) is 0 Å². The summed E-state index contributed by atoms with van der Waals surface area (Å²) in [6.07, 6.45) is 2.05. The summed E-state index contributed by atoms with van der Waals surface area (Å²) in [6.45, 7) is 1.71. The van der Waals surface area contributed by atoms with Crippen LogP contribution in [-0.2, 0) is 22.3 Å². The van der Waals surface area contributed by atoms with Crippen molar-refractivity contribution in [3.05, 3.63) is 65.7 Å². The van der Waals surface area contributed by atoms with Crippen molar-refractivity contribution in [3.63, 3.8) is 0 Å². The lowest BCUT2D eigenvalue weighted by Gasteiger charge is -2.08. The molecule has 0 amide bonds. The van der Waals surface area contributed by atoms with Crippen molar-refractivity contribution in [3.8, 4) is 0 Å². The smallest absolute Gasteiger partial charge is 0.215 e. The second-order valence-corrected chi connectivity index (χ2v) is 7.85. The zero-order valence-corrected chi connectivity index (χ0v) is 16.0. The Hall–Kier alpha value is -1.05. The molecule has 4 nitrogen and oxygen atoms in total. The summed E-state index contributed by atoms with van der Waals surface area (Å²) in [7, 11) is -3.28. The number of hydrogen-bond acceptors (Lipinski definition) is 4. The second-order valence-electron chi connectivity index (χ2n) is 5.16. The van der Waals surface area contributed by atoms with Gasteiger partial charge in [-0.3, -0.25) is 0 Å². The fourth-order valence-corrected chi connectivity index (χ4v) is 3.67. The average Bonchev–Trinajstić information content (AvgIpc) is 2.55. The van der Waals surface area contributed by atoms with Gasteiger partial charge in [-0.1, -0.05) is 42.5 Å². The highest BCUT2D eigenvalue weighted by molar-refractivity contribution is 7.98. The zero-order valence-electron chi connectivity index (χ0n) is 13.6. The first kappa shape index (κ1) is 21.0. The van der Waals surface area contributed by atoms with Crippen molar-refractivity contribution >= 4 is 34.2 Å². The van der Waals surface area contributed by atoms with Crippen molar-refractivity contribution < 1.29 is 8.42 Å². The highest BCUT2D eigenvalue weighted by atomic mass is 35.5. The summed E-state index contributed by atoms with van der Waals surface area (Å²) in [6, 6.07) is 17.5. The van der Waals surface area contributed by atoms with Crippen LogP contribution in [0.3, 0.4) is 0 Å². The minimum Gasteiger partial charge on any atom is -0.311 e. The van der Waals surface area contributed by atoms with Gasteiger partial charge in [-0.25, -0.2) is 13.1 Å². The number of rotatable bonds is 9. The molecule has 0 aliphatic carbocycles. The van der Waals surface area contributed by atoms with Crippen LogP contribution in [0.15, 0.2) is 59.5 Å². The number of hydrogen-bond donors (Lipinski definition) is 2. The van der Waals surface area contributed by atoms with E-state index in [1.807, 2.05) is 30.3 Å². The number of sulfonamides is 1. The van der Waals surface area contributed by atoms with Crippen molar-refractivity contribution in [1.29, 1.82) is 0 Å². The average molecular weight is 387 g/mol. The van der Waals surface area contributed by atoms with Crippen LogP contribution in [0, 0.1) is 0 Å². The SMILES string of the molecule is CSc1ccc(CNCCNS(=O)(=O)Cc2ccccc2)cc1.Cl. The standard InChI is InChI=1S/C17H22N2O2S2.ClH/c1-22-17-9-7-15(8-10-17)13-18-11-12-19-23(20,21)14-16-5-3-2-4-6-16;/h2-10,18-19H,11-14H2,1H3;1H. The molecule has 132 valence electrons. The van der Waals surface area contributed by atoms with Crippen molar-refractivity contribution in [2.24, 2.45) is 0 Å². The largest absolute Gasteiger partial charge is 0.311 e. The Kier molecular flexibility index (Phi) is 9.39. The molecule has 2 aromatic rings. The first-order chi connectivity index (χ1) is 11.1. The second kappa shape index (κ2) is 10.7. The maximum Gasteiger partial charge on any atom is 0.215 e. The van der Waals surface area contributed by atoms with E-state index < -0.39 is 10.0 Å². The molecule has 0 unspecified atom stereocenters. The van der Waals surface area contributed by atoms with Gasteiger partial charge in [-0.05, 0) is 29.5 Å². The van der Waals surface area contributed by atoms with E-state index >= 15 is 0 Å². The quantitative estimate of drug-likeness (QED) is 0.513. The molecule has 0 fully saturated rings. The van der Waals surface area contributed by atoms with Crippen molar-refractivity contribution in [2.45, 2.75) is 17.2 Å². The molecule has 0 spiro atoms. The first-order valence-electron chi connectivity index (χ1n) is 7.44. The summed E-state index contributed by atoms with van der Waals surface area (Å²) in [5, 5.41) is 3.24. The van der Waals surface area contributed by atoms with E-state index in [0.29, 0.717) is 13.1 Å². The molecule has 0 bridgehead atoms. The molecule has 0 atom stereocenters. The molecule has 2 aromatic carbocycles. The highest BCUT2D eigenvalue weighted by Gasteiger charge is 2.10. The molecule has 7 heteroatoms. The van der Waals surface area contributed by atoms with Crippen LogP contribution in [0.4, 0.5) is 0 Å². The van der Waals surface area contributed by atoms with Gasteiger partial charge in [0, 0.05) is 24.5 Å². The summed E-state index contributed by atoms with van der Waals surface area (Å²) in [4.78, 5) is 1.24. The number of thioether (sulfide) groups is 1. The molecule has 24 heavy (non-hydrogen) atoms. The van der Waals surface area contributed by atoms with Gasteiger partial charge in [0.2, 0.25) is 10.0 Å². The van der Waals surface area contributed by atoms with Crippen LogP contribution in [-0.4, -0.2) is 27.8 Å². The van der Waals surface area contributed by atoms with E-state index in [-0.39, 0.29) is 18.2 Å². The fourth-order valence-electron chi connectivity index (χ4n) is 2.12. The van der Waals surface area contributed by atoms with Crippen molar-refractivity contribution in [1.82, 2.24) is 10.0 Å². The lowest BCUT2D eigenvalue weighted by atomic mass is 10.2. The van der Waals surface area contributed by atoms with Crippen LogP contribution in [0.25, 0.3) is 0 Å². The number of benzene rings is 2. The topological polar surface area (TPSA) is 58.2 Å². The predicted molar refractivity (Wildman–Crippen MR) is 104 cm³/mol. The maximum atomic E-state index is 12.0. The Morgan fingerprint density at radius 2 is 1.58 bits per heavy atom. The lowest BCUT2D eigenvalue weighted by Crippen LogP contribution is -2.32. The molecule has 0 aliphatic heterocycles. The van der Waals surface area contributed by atoms with Gasteiger partial charge in [-0.15, -0.1) is 24.2 Å². The molecule has 0 saturated carbocycles. The zero-order chi connectivity index (χ0) is 16.5. The Morgan fingerprint density at radius 1 is 0.917 bits per heavy atom. The number of halogens is 1. The van der Waals surface area contributed by atoms with E-state index in [1.165, 1.54) is 10.5 Å². The fraction of sp³-hybridized carbons (Fsp3) is 0.294. The van der Waals surface area contributed by atoms with E-state index in [1.54, 1.807) is 11.8 Å². The Bertz CT molecular complexity index is 692. The van der Waals surface area contributed by atoms with Crippen molar-refractivity contribution in [2.75, 3.05) is 19.3 Å². The van der Waals surface area contributed by atoms with Gasteiger partial charge in [-0.2, -0.15) is 0 Å². The van der Waals surface area contributed by atoms with E-state index in [9.17, 15) is 8.42 Å². The predicted octanol–water partition coefficient (Wildman–Crippen LogP) is 3.04.